The first-order chi connectivity index (χ1) is 13.3. The highest BCUT2D eigenvalue weighted by Crippen LogP contribution is 2.36. The Morgan fingerprint density at radius 2 is 1.74 bits per heavy atom. The van der Waals surface area contributed by atoms with E-state index in [4.69, 9.17) is 9.47 Å². The van der Waals surface area contributed by atoms with E-state index in [9.17, 15) is 0 Å². The second-order valence-corrected chi connectivity index (χ2v) is 6.92. The fourth-order valence-corrected chi connectivity index (χ4v) is 4.12. The summed E-state index contributed by atoms with van der Waals surface area (Å²) in [6, 6.07) is 21.5. The summed E-state index contributed by atoms with van der Waals surface area (Å²) in [7, 11) is 3.40. The van der Waals surface area contributed by atoms with Crippen LogP contribution in [0.5, 0.6) is 11.5 Å². The first-order valence-electron chi connectivity index (χ1n) is 9.45. The van der Waals surface area contributed by atoms with Gasteiger partial charge in [-0.1, -0.05) is 42.5 Å². The summed E-state index contributed by atoms with van der Waals surface area (Å²) in [6.45, 7) is 2.89. The molecule has 0 radical (unpaired) electrons. The standard InChI is InChI=1S/C23H26N2O2/c1-26-21-13-6-11-19(23(21)27-2)17-25-16-8-15-24-14-7-12-20(24)22(25)18-9-4-3-5-10-18/h3-7,9-14,22H,8,15-17H2,1-2H3. The van der Waals surface area contributed by atoms with Gasteiger partial charge in [-0.05, 0) is 30.2 Å². The van der Waals surface area contributed by atoms with E-state index < -0.39 is 0 Å². The Hall–Kier alpha value is -2.72. The third-order valence-electron chi connectivity index (χ3n) is 5.33. The van der Waals surface area contributed by atoms with Gasteiger partial charge in [0.2, 0.25) is 0 Å². The van der Waals surface area contributed by atoms with Crippen molar-refractivity contribution >= 4 is 0 Å². The zero-order valence-corrected chi connectivity index (χ0v) is 16.0. The fraction of sp³-hybridized carbons (Fsp3) is 0.304. The molecule has 140 valence electrons. The van der Waals surface area contributed by atoms with Crippen molar-refractivity contribution in [2.75, 3.05) is 20.8 Å². The van der Waals surface area contributed by atoms with Crippen LogP contribution in [0, 0.1) is 0 Å². The third-order valence-corrected chi connectivity index (χ3v) is 5.33. The fourth-order valence-electron chi connectivity index (χ4n) is 4.12. The average molecular weight is 362 g/mol. The first kappa shape index (κ1) is 17.7. The number of methoxy groups -OCH3 is 2. The van der Waals surface area contributed by atoms with Crippen LogP contribution in [0.4, 0.5) is 0 Å². The molecule has 2 heterocycles. The molecule has 0 saturated carbocycles. The van der Waals surface area contributed by atoms with E-state index in [1.807, 2.05) is 12.1 Å². The van der Waals surface area contributed by atoms with E-state index in [1.165, 1.54) is 11.3 Å². The van der Waals surface area contributed by atoms with Gasteiger partial charge in [0, 0.05) is 37.1 Å². The van der Waals surface area contributed by atoms with Crippen LogP contribution in [-0.4, -0.2) is 30.2 Å². The molecular weight excluding hydrogens is 336 g/mol. The summed E-state index contributed by atoms with van der Waals surface area (Å²) in [5.74, 6) is 1.61. The van der Waals surface area contributed by atoms with Crippen molar-refractivity contribution in [3.05, 3.63) is 83.7 Å². The summed E-state index contributed by atoms with van der Waals surface area (Å²) in [6.07, 6.45) is 3.32. The molecule has 0 saturated heterocycles. The minimum absolute atomic E-state index is 0.222. The molecular formula is C23H26N2O2. The SMILES string of the molecule is COc1cccc(CN2CCCn3cccc3C2c2ccccc2)c1OC. The van der Waals surface area contributed by atoms with E-state index in [-0.39, 0.29) is 6.04 Å². The number of hydrogen-bond donors (Lipinski definition) is 0. The number of aryl methyl sites for hydroxylation is 1. The largest absolute Gasteiger partial charge is 0.493 e. The van der Waals surface area contributed by atoms with Crippen molar-refractivity contribution in [3.8, 4) is 11.5 Å². The molecule has 1 atom stereocenters. The molecule has 27 heavy (non-hydrogen) atoms. The van der Waals surface area contributed by atoms with Crippen LogP contribution < -0.4 is 9.47 Å². The van der Waals surface area contributed by atoms with E-state index in [1.54, 1.807) is 14.2 Å². The van der Waals surface area contributed by atoms with Crippen molar-refractivity contribution in [2.45, 2.75) is 25.6 Å². The minimum Gasteiger partial charge on any atom is -0.493 e. The van der Waals surface area contributed by atoms with Crippen LogP contribution in [0.2, 0.25) is 0 Å². The number of benzene rings is 2. The molecule has 1 aliphatic heterocycles. The molecule has 3 aromatic rings. The first-order valence-corrected chi connectivity index (χ1v) is 9.45. The van der Waals surface area contributed by atoms with Gasteiger partial charge in [0.15, 0.2) is 11.5 Å². The van der Waals surface area contributed by atoms with Gasteiger partial charge in [0.25, 0.3) is 0 Å². The molecule has 4 rings (SSSR count). The lowest BCUT2D eigenvalue weighted by Crippen LogP contribution is -2.29. The summed E-state index contributed by atoms with van der Waals surface area (Å²) in [5.41, 5.74) is 3.82. The molecule has 4 nitrogen and oxygen atoms in total. The highest BCUT2D eigenvalue weighted by Gasteiger charge is 2.28. The number of rotatable bonds is 5. The minimum atomic E-state index is 0.222. The molecule has 1 aliphatic rings. The molecule has 0 fully saturated rings. The second-order valence-electron chi connectivity index (χ2n) is 6.92. The third kappa shape index (κ3) is 3.45. The smallest absolute Gasteiger partial charge is 0.165 e. The Kier molecular flexibility index (Phi) is 5.16. The van der Waals surface area contributed by atoms with Crippen molar-refractivity contribution in [1.82, 2.24) is 9.47 Å². The maximum atomic E-state index is 5.68. The van der Waals surface area contributed by atoms with Gasteiger partial charge in [-0.25, -0.2) is 0 Å². The summed E-state index contributed by atoms with van der Waals surface area (Å²) in [4.78, 5) is 2.55. The van der Waals surface area contributed by atoms with E-state index >= 15 is 0 Å². The van der Waals surface area contributed by atoms with Crippen molar-refractivity contribution in [3.63, 3.8) is 0 Å². The zero-order valence-electron chi connectivity index (χ0n) is 16.0. The number of aromatic nitrogens is 1. The molecule has 0 aliphatic carbocycles. The monoisotopic (exact) mass is 362 g/mol. The topological polar surface area (TPSA) is 26.6 Å². The number of ether oxygens (including phenoxy) is 2. The average Bonchev–Trinajstić information content (AvgIpc) is 3.09. The Morgan fingerprint density at radius 1 is 0.889 bits per heavy atom. The predicted octanol–water partition coefficient (Wildman–Crippen LogP) is 4.50. The lowest BCUT2D eigenvalue weighted by molar-refractivity contribution is 0.216. The normalized spacial score (nSPS) is 17.2. The Labute approximate surface area is 161 Å². The van der Waals surface area contributed by atoms with Crippen molar-refractivity contribution in [2.24, 2.45) is 0 Å². The van der Waals surface area contributed by atoms with Crippen LogP contribution in [0.15, 0.2) is 66.9 Å². The van der Waals surface area contributed by atoms with E-state index in [0.29, 0.717) is 0 Å². The van der Waals surface area contributed by atoms with Crippen LogP contribution in [0.1, 0.15) is 29.3 Å². The predicted molar refractivity (Wildman–Crippen MR) is 107 cm³/mol. The molecule has 2 aromatic carbocycles. The van der Waals surface area contributed by atoms with E-state index in [0.717, 1.165) is 43.1 Å². The maximum absolute atomic E-state index is 5.68. The molecule has 1 unspecified atom stereocenters. The molecule has 1 aromatic heterocycles. The van der Waals surface area contributed by atoms with E-state index in [2.05, 4.69) is 64.2 Å². The van der Waals surface area contributed by atoms with Gasteiger partial charge in [0.05, 0.1) is 20.3 Å². The van der Waals surface area contributed by atoms with Crippen LogP contribution >= 0.6 is 0 Å². The molecule has 0 amide bonds. The highest BCUT2D eigenvalue weighted by molar-refractivity contribution is 5.46. The number of fused-ring (bicyclic) bond motifs is 1. The lowest BCUT2D eigenvalue weighted by atomic mass is 10.0. The second kappa shape index (κ2) is 7.89. The van der Waals surface area contributed by atoms with Gasteiger partial charge < -0.3 is 14.0 Å². The van der Waals surface area contributed by atoms with Crippen LogP contribution in [0.25, 0.3) is 0 Å². The van der Waals surface area contributed by atoms with Crippen LogP contribution in [-0.2, 0) is 13.1 Å². The lowest BCUT2D eigenvalue weighted by Gasteiger charge is -2.31. The quantitative estimate of drug-likeness (QED) is 0.668. The Bertz CT molecular complexity index is 888. The summed E-state index contributed by atoms with van der Waals surface area (Å²) >= 11 is 0. The van der Waals surface area contributed by atoms with Crippen molar-refractivity contribution in [1.29, 1.82) is 0 Å². The molecule has 0 spiro atoms. The van der Waals surface area contributed by atoms with Gasteiger partial charge in [-0.2, -0.15) is 0 Å². The maximum Gasteiger partial charge on any atom is 0.165 e. The molecule has 0 N–H and O–H groups in total. The number of para-hydroxylation sites is 1. The van der Waals surface area contributed by atoms with Gasteiger partial charge >= 0.3 is 0 Å². The van der Waals surface area contributed by atoms with Crippen molar-refractivity contribution < 1.29 is 9.47 Å². The summed E-state index contributed by atoms with van der Waals surface area (Å²) in [5, 5.41) is 0. The molecule has 4 heteroatoms. The van der Waals surface area contributed by atoms with Gasteiger partial charge in [0.1, 0.15) is 0 Å². The van der Waals surface area contributed by atoms with Gasteiger partial charge in [-0.15, -0.1) is 0 Å². The highest BCUT2D eigenvalue weighted by atomic mass is 16.5. The zero-order chi connectivity index (χ0) is 18.6. The Morgan fingerprint density at radius 3 is 2.52 bits per heavy atom. The number of nitrogens with zero attached hydrogens (tertiary/aromatic N) is 2. The number of hydrogen-bond acceptors (Lipinski definition) is 3. The summed E-state index contributed by atoms with van der Waals surface area (Å²) < 4.78 is 13.6. The van der Waals surface area contributed by atoms with Gasteiger partial charge in [-0.3, -0.25) is 4.90 Å². The molecule has 0 bridgehead atoms. The van der Waals surface area contributed by atoms with Crippen LogP contribution in [0.3, 0.4) is 0 Å². The Balaban J connectivity index is 1.75.